The van der Waals surface area contributed by atoms with Crippen molar-refractivity contribution >= 4 is 23.6 Å². The second-order valence-electron chi connectivity index (χ2n) is 7.10. The highest BCUT2D eigenvalue weighted by atomic mass is 32.2. The second kappa shape index (κ2) is 7.79. The van der Waals surface area contributed by atoms with Crippen molar-refractivity contribution in [2.24, 2.45) is 5.41 Å². The molecule has 1 atom stereocenters. The van der Waals surface area contributed by atoms with Crippen molar-refractivity contribution in [2.45, 2.75) is 30.6 Å². The van der Waals surface area contributed by atoms with E-state index < -0.39 is 0 Å². The van der Waals surface area contributed by atoms with Gasteiger partial charge in [0.2, 0.25) is 5.91 Å². The van der Waals surface area contributed by atoms with Gasteiger partial charge in [0.25, 0.3) is 5.91 Å². The van der Waals surface area contributed by atoms with E-state index in [9.17, 15) is 14.7 Å². The lowest BCUT2D eigenvalue weighted by atomic mass is 9.73. The average molecular weight is 362 g/mol. The van der Waals surface area contributed by atoms with E-state index in [2.05, 4.69) is 0 Å². The summed E-state index contributed by atoms with van der Waals surface area (Å²) in [5.74, 6) is 0.202. The monoisotopic (exact) mass is 362 g/mol. The molecule has 5 nitrogen and oxygen atoms in total. The Balaban J connectivity index is 1.71. The molecule has 0 aliphatic carbocycles. The van der Waals surface area contributed by atoms with Gasteiger partial charge in [-0.25, -0.2) is 0 Å². The highest BCUT2D eigenvalue weighted by Crippen LogP contribution is 2.39. The van der Waals surface area contributed by atoms with Crippen LogP contribution in [0.1, 0.15) is 36.0 Å². The van der Waals surface area contributed by atoms with Crippen molar-refractivity contribution in [3.05, 3.63) is 29.8 Å². The zero-order chi connectivity index (χ0) is 17.9. The number of piperidine rings is 2. The molecule has 0 aromatic heterocycles. The molecule has 1 aromatic carbocycles. The molecule has 2 fully saturated rings. The van der Waals surface area contributed by atoms with Crippen LogP contribution in [0.4, 0.5) is 0 Å². The van der Waals surface area contributed by atoms with Crippen molar-refractivity contribution in [1.82, 2.24) is 9.80 Å². The van der Waals surface area contributed by atoms with Crippen LogP contribution in [0.5, 0.6) is 0 Å². The maximum atomic E-state index is 12.9. The number of carbonyl (C=O) groups is 2. The Kier molecular flexibility index (Phi) is 5.69. The molecule has 0 radical (unpaired) electrons. The van der Waals surface area contributed by atoms with E-state index in [1.807, 2.05) is 35.4 Å². The normalized spacial score (nSPS) is 24.0. The van der Waals surface area contributed by atoms with E-state index in [0.29, 0.717) is 26.1 Å². The molecule has 2 amide bonds. The minimum atomic E-state index is -0.0177. The standard InChI is InChI=1S/C19H26N2O3S/c1-25-16-5-3-15(4-6-16)18(24)21-10-2-8-19(14-21)9-7-17(23)20(13-19)11-12-22/h3-6,22H,2,7-14H2,1H3/t19-/m0/s1. The topological polar surface area (TPSA) is 60.9 Å². The molecule has 3 rings (SSSR count). The van der Waals surface area contributed by atoms with E-state index in [-0.39, 0.29) is 23.8 Å². The first-order valence-electron chi connectivity index (χ1n) is 8.89. The summed E-state index contributed by atoms with van der Waals surface area (Å²) in [6, 6.07) is 7.77. The molecule has 136 valence electrons. The number of aliphatic hydroxyl groups excluding tert-OH is 1. The fourth-order valence-electron chi connectivity index (χ4n) is 4.06. The first kappa shape index (κ1) is 18.3. The summed E-state index contributed by atoms with van der Waals surface area (Å²) in [5, 5.41) is 9.19. The SMILES string of the molecule is CSc1ccc(C(=O)N2CCC[C@@]3(CCC(=O)N(CCO)C3)C2)cc1. The predicted molar refractivity (Wildman–Crippen MR) is 98.7 cm³/mol. The van der Waals surface area contributed by atoms with Crippen LogP contribution in [0.15, 0.2) is 29.2 Å². The Bertz CT molecular complexity index is 634. The van der Waals surface area contributed by atoms with Crippen LogP contribution in [-0.4, -0.2) is 65.8 Å². The maximum Gasteiger partial charge on any atom is 0.253 e. The number of amides is 2. The molecule has 0 unspecified atom stereocenters. The van der Waals surface area contributed by atoms with Gasteiger partial charge < -0.3 is 14.9 Å². The van der Waals surface area contributed by atoms with E-state index in [4.69, 9.17) is 0 Å². The van der Waals surface area contributed by atoms with Crippen molar-refractivity contribution in [3.63, 3.8) is 0 Å². The van der Waals surface area contributed by atoms with Crippen LogP contribution in [-0.2, 0) is 4.79 Å². The molecule has 25 heavy (non-hydrogen) atoms. The second-order valence-corrected chi connectivity index (χ2v) is 7.98. The van der Waals surface area contributed by atoms with Crippen LogP contribution < -0.4 is 0 Å². The first-order valence-corrected chi connectivity index (χ1v) is 10.1. The van der Waals surface area contributed by atoms with E-state index in [1.54, 1.807) is 16.7 Å². The van der Waals surface area contributed by atoms with E-state index in [1.165, 1.54) is 0 Å². The van der Waals surface area contributed by atoms with E-state index in [0.717, 1.165) is 36.3 Å². The molecule has 0 bridgehead atoms. The highest BCUT2D eigenvalue weighted by molar-refractivity contribution is 7.98. The van der Waals surface area contributed by atoms with Gasteiger partial charge in [-0.15, -0.1) is 11.8 Å². The minimum Gasteiger partial charge on any atom is -0.395 e. The number of β-amino-alcohol motifs (C(OH)–C–C–N with tert-alkyl or cyclic N) is 1. The van der Waals surface area contributed by atoms with Gasteiger partial charge in [-0.2, -0.15) is 0 Å². The number of likely N-dealkylation sites (tertiary alicyclic amines) is 2. The molecule has 2 aliphatic heterocycles. The van der Waals surface area contributed by atoms with Crippen LogP contribution in [0.3, 0.4) is 0 Å². The van der Waals surface area contributed by atoms with Crippen LogP contribution in [0.25, 0.3) is 0 Å². The molecule has 1 N–H and O–H groups in total. The Hall–Kier alpha value is -1.53. The first-order chi connectivity index (χ1) is 12.1. The molecular weight excluding hydrogens is 336 g/mol. The van der Waals surface area contributed by atoms with E-state index >= 15 is 0 Å². The Morgan fingerprint density at radius 3 is 2.68 bits per heavy atom. The number of thioether (sulfide) groups is 1. The van der Waals surface area contributed by atoms with Crippen LogP contribution in [0.2, 0.25) is 0 Å². The minimum absolute atomic E-state index is 0.00768. The van der Waals surface area contributed by atoms with Crippen LogP contribution >= 0.6 is 11.8 Å². The number of carbonyl (C=O) groups excluding carboxylic acids is 2. The maximum absolute atomic E-state index is 12.9. The van der Waals surface area contributed by atoms with Gasteiger partial charge in [0.1, 0.15) is 0 Å². The summed E-state index contributed by atoms with van der Waals surface area (Å²) < 4.78 is 0. The number of rotatable bonds is 4. The summed E-state index contributed by atoms with van der Waals surface area (Å²) in [6.45, 7) is 2.52. The van der Waals surface area contributed by atoms with Crippen molar-refractivity contribution < 1.29 is 14.7 Å². The predicted octanol–water partition coefficient (Wildman–Crippen LogP) is 2.25. The summed E-state index contributed by atoms with van der Waals surface area (Å²) in [5.41, 5.74) is 0.713. The van der Waals surface area contributed by atoms with Gasteiger partial charge in [0.05, 0.1) is 6.61 Å². The highest BCUT2D eigenvalue weighted by Gasteiger charge is 2.42. The lowest BCUT2D eigenvalue weighted by Crippen LogP contribution is -2.55. The third-order valence-electron chi connectivity index (χ3n) is 5.40. The lowest BCUT2D eigenvalue weighted by Gasteiger charge is -2.48. The zero-order valence-corrected chi connectivity index (χ0v) is 15.6. The Morgan fingerprint density at radius 1 is 1.24 bits per heavy atom. The fraction of sp³-hybridized carbons (Fsp3) is 0.579. The van der Waals surface area contributed by atoms with Gasteiger partial charge >= 0.3 is 0 Å². The summed E-state index contributed by atoms with van der Waals surface area (Å²) in [6.07, 6.45) is 5.38. The number of nitrogens with zero attached hydrogens (tertiary/aromatic N) is 2. The summed E-state index contributed by atoms with van der Waals surface area (Å²) in [4.78, 5) is 29.8. The molecule has 2 aliphatic rings. The molecule has 0 saturated carbocycles. The summed E-state index contributed by atoms with van der Waals surface area (Å²) >= 11 is 1.66. The smallest absolute Gasteiger partial charge is 0.253 e. The fourth-order valence-corrected chi connectivity index (χ4v) is 4.47. The number of benzene rings is 1. The zero-order valence-electron chi connectivity index (χ0n) is 14.7. The number of aliphatic hydroxyl groups is 1. The third-order valence-corrected chi connectivity index (χ3v) is 6.15. The molecule has 1 aromatic rings. The Labute approximate surface area is 153 Å². The molecule has 2 saturated heterocycles. The Morgan fingerprint density at radius 2 is 2.00 bits per heavy atom. The number of hydrogen-bond acceptors (Lipinski definition) is 4. The quantitative estimate of drug-likeness (QED) is 0.835. The molecule has 6 heteroatoms. The van der Waals surface area contributed by atoms with Crippen LogP contribution in [0, 0.1) is 5.41 Å². The number of hydrogen-bond donors (Lipinski definition) is 1. The van der Waals surface area contributed by atoms with Gasteiger partial charge in [0, 0.05) is 48.5 Å². The summed E-state index contributed by atoms with van der Waals surface area (Å²) in [7, 11) is 0. The van der Waals surface area contributed by atoms with Gasteiger partial charge in [0.15, 0.2) is 0 Å². The third kappa shape index (κ3) is 4.01. The van der Waals surface area contributed by atoms with Gasteiger partial charge in [-0.1, -0.05) is 0 Å². The van der Waals surface area contributed by atoms with Gasteiger partial charge in [-0.3, -0.25) is 9.59 Å². The van der Waals surface area contributed by atoms with Crippen molar-refractivity contribution in [3.8, 4) is 0 Å². The molecular formula is C19H26N2O3S. The largest absolute Gasteiger partial charge is 0.395 e. The van der Waals surface area contributed by atoms with Crippen molar-refractivity contribution in [2.75, 3.05) is 39.0 Å². The van der Waals surface area contributed by atoms with Crippen molar-refractivity contribution in [1.29, 1.82) is 0 Å². The molecule has 1 spiro atoms. The lowest BCUT2D eigenvalue weighted by molar-refractivity contribution is -0.139. The average Bonchev–Trinajstić information content (AvgIpc) is 2.65. The molecule has 2 heterocycles. The van der Waals surface area contributed by atoms with Gasteiger partial charge in [-0.05, 0) is 49.8 Å².